The predicted molar refractivity (Wildman–Crippen MR) is 175 cm³/mol. The van der Waals surface area contributed by atoms with Gasteiger partial charge in [-0.3, -0.25) is 9.59 Å². The molecule has 4 rings (SSSR count). The van der Waals surface area contributed by atoms with Gasteiger partial charge in [-0.1, -0.05) is 75.7 Å². The van der Waals surface area contributed by atoms with Gasteiger partial charge < -0.3 is 25.6 Å². The molecule has 10 heteroatoms. The van der Waals surface area contributed by atoms with Crippen molar-refractivity contribution in [3.8, 4) is 0 Å². The number of hydrogen-bond acceptors (Lipinski definition) is 4. The number of halogens is 3. The first kappa shape index (κ1) is 34.6. The average Bonchev–Trinajstić information content (AvgIpc) is 3.38. The number of rotatable bonds is 12. The number of aliphatic carboxylic acids is 1. The van der Waals surface area contributed by atoms with Crippen molar-refractivity contribution in [3.05, 3.63) is 129 Å². The van der Waals surface area contributed by atoms with Crippen LogP contribution in [-0.2, 0) is 15.6 Å². The number of carboxylic acids is 1. The number of aromatic amines is 1. The van der Waals surface area contributed by atoms with Gasteiger partial charge in [0.2, 0.25) is 0 Å². The molecule has 3 aromatic carbocycles. The van der Waals surface area contributed by atoms with Gasteiger partial charge in [0, 0.05) is 33.7 Å². The Morgan fingerprint density at radius 3 is 1.96 bits per heavy atom. The molecule has 0 aliphatic rings. The van der Waals surface area contributed by atoms with Gasteiger partial charge in [0.1, 0.15) is 17.3 Å². The van der Waals surface area contributed by atoms with Crippen molar-refractivity contribution in [2.24, 2.45) is 0 Å². The van der Waals surface area contributed by atoms with Crippen molar-refractivity contribution in [1.29, 1.82) is 0 Å². The van der Waals surface area contributed by atoms with Crippen LogP contribution < -0.4 is 5.32 Å². The number of amides is 1. The molecule has 0 spiro atoms. The van der Waals surface area contributed by atoms with E-state index in [0.29, 0.717) is 33.1 Å². The lowest BCUT2D eigenvalue weighted by Gasteiger charge is -2.34. The number of carboxylic acid groups (broad SMARTS) is 1. The topological polar surface area (TPSA) is 123 Å². The third-order valence-electron chi connectivity index (χ3n) is 8.13. The molecule has 1 aromatic heterocycles. The van der Waals surface area contributed by atoms with Crippen LogP contribution in [-0.4, -0.2) is 44.4 Å². The number of nitrogens with one attached hydrogen (secondary N) is 2. The van der Waals surface area contributed by atoms with Gasteiger partial charge >= 0.3 is 5.97 Å². The zero-order valence-electron chi connectivity index (χ0n) is 25.9. The summed E-state index contributed by atoms with van der Waals surface area (Å²) in [5.41, 5.74) is 2.01. The zero-order chi connectivity index (χ0) is 33.8. The number of hydrogen-bond donors (Lipinski definition) is 5. The fraction of sp³-hybridized carbons (Fsp3) is 0.278. The minimum atomic E-state index is -1.28. The Labute approximate surface area is 271 Å². The molecular formula is C36H37ClF2N2O5. The van der Waals surface area contributed by atoms with Crippen molar-refractivity contribution in [2.75, 3.05) is 5.32 Å². The molecule has 0 fully saturated rings. The summed E-state index contributed by atoms with van der Waals surface area (Å²) < 4.78 is 28.0. The maximum atomic E-state index is 14.1. The number of anilines is 1. The van der Waals surface area contributed by atoms with E-state index in [1.807, 2.05) is 27.7 Å². The zero-order valence-corrected chi connectivity index (χ0v) is 26.7. The number of benzene rings is 3. The number of aliphatic hydroxyl groups excluding tert-OH is 2. The molecule has 4 aromatic rings. The van der Waals surface area contributed by atoms with Crippen molar-refractivity contribution < 1.29 is 33.7 Å². The first-order valence-corrected chi connectivity index (χ1v) is 15.1. The summed E-state index contributed by atoms with van der Waals surface area (Å²) in [7, 11) is 0. The molecule has 0 bridgehead atoms. The minimum Gasteiger partial charge on any atom is -0.481 e. The summed E-state index contributed by atoms with van der Waals surface area (Å²) in [5, 5.41) is 33.1. The van der Waals surface area contributed by atoms with E-state index in [1.165, 1.54) is 30.3 Å². The van der Waals surface area contributed by atoms with E-state index < -0.39 is 53.0 Å². The van der Waals surface area contributed by atoms with Crippen molar-refractivity contribution >= 4 is 35.2 Å². The number of aliphatic hydroxyl groups is 2. The van der Waals surface area contributed by atoms with Crippen molar-refractivity contribution in [1.82, 2.24) is 4.98 Å². The van der Waals surface area contributed by atoms with Gasteiger partial charge in [-0.15, -0.1) is 0 Å². The second kappa shape index (κ2) is 14.0. The summed E-state index contributed by atoms with van der Waals surface area (Å²) in [4.78, 5) is 28.3. The van der Waals surface area contributed by atoms with Crippen LogP contribution in [0, 0.1) is 11.6 Å². The Bertz CT molecular complexity index is 1730. The van der Waals surface area contributed by atoms with Gasteiger partial charge in [0.05, 0.1) is 18.6 Å². The van der Waals surface area contributed by atoms with E-state index in [2.05, 4.69) is 10.3 Å². The second-order valence-corrected chi connectivity index (χ2v) is 12.7. The number of H-pyrrole nitrogens is 1. The standard InChI is InChI=1S/C36H37ClF2N2O5/c1-35(2,21-8-12-24(38)13-9-21)31-29(17-16-27(42)19-28(43)20-30(44)45)41-33(34(46)40-26-7-5-6-23(37)18-26)32(31)36(3,4)22-10-14-25(39)15-11-22/h5-18,27-28,41-43H,19-20H2,1-4H3,(H,40,46)(H,44,45)/b17-16+/t27-,28-/m1/s1. The van der Waals surface area contributed by atoms with Crippen LogP contribution in [0.25, 0.3) is 6.08 Å². The van der Waals surface area contributed by atoms with E-state index >= 15 is 0 Å². The van der Waals surface area contributed by atoms with Gasteiger partial charge in [-0.05, 0) is 70.8 Å². The summed E-state index contributed by atoms with van der Waals surface area (Å²) in [6.45, 7) is 7.68. The van der Waals surface area contributed by atoms with Gasteiger partial charge in [-0.25, -0.2) is 8.78 Å². The Balaban J connectivity index is 1.96. The van der Waals surface area contributed by atoms with E-state index in [0.717, 1.165) is 5.56 Å². The molecular weight excluding hydrogens is 614 g/mol. The van der Waals surface area contributed by atoms with E-state index in [1.54, 1.807) is 54.6 Å². The Kier molecular flexibility index (Phi) is 10.5. The first-order valence-electron chi connectivity index (χ1n) is 14.7. The fourth-order valence-corrected chi connectivity index (χ4v) is 5.91. The number of carbonyl (C=O) groups is 2. The largest absolute Gasteiger partial charge is 0.481 e. The first-order chi connectivity index (χ1) is 21.6. The molecule has 0 saturated carbocycles. The Hall–Kier alpha value is -4.31. The molecule has 1 amide bonds. The summed E-state index contributed by atoms with van der Waals surface area (Å²) >= 11 is 6.17. The lowest BCUT2D eigenvalue weighted by atomic mass is 9.68. The lowest BCUT2D eigenvalue weighted by molar-refractivity contribution is -0.139. The van der Waals surface area contributed by atoms with E-state index in [4.69, 9.17) is 16.7 Å². The molecule has 0 aliphatic heterocycles. The SMILES string of the molecule is CC(C)(c1ccc(F)cc1)c1c(/C=C/[C@@H](O)C[C@@H](O)CC(=O)O)[nH]c(C(=O)Nc2cccc(Cl)c2)c1C(C)(C)c1ccc(F)cc1. The van der Waals surface area contributed by atoms with Crippen LogP contribution in [0.1, 0.15) is 79.0 Å². The van der Waals surface area contributed by atoms with Crippen LogP contribution in [0.5, 0.6) is 0 Å². The van der Waals surface area contributed by atoms with Crippen LogP contribution in [0.2, 0.25) is 5.02 Å². The van der Waals surface area contributed by atoms with Gasteiger partial charge in [0.15, 0.2) is 0 Å². The number of carbonyl (C=O) groups excluding carboxylic acids is 1. The number of aromatic nitrogens is 1. The third kappa shape index (κ3) is 7.91. The molecule has 46 heavy (non-hydrogen) atoms. The second-order valence-electron chi connectivity index (χ2n) is 12.3. The summed E-state index contributed by atoms with van der Waals surface area (Å²) in [6.07, 6.45) is -0.246. The molecule has 0 saturated heterocycles. The Morgan fingerprint density at radius 1 is 0.891 bits per heavy atom. The minimum absolute atomic E-state index is 0.194. The van der Waals surface area contributed by atoms with Crippen molar-refractivity contribution in [2.45, 2.75) is 63.6 Å². The van der Waals surface area contributed by atoms with Crippen LogP contribution in [0.4, 0.5) is 14.5 Å². The summed E-state index contributed by atoms with van der Waals surface area (Å²) in [5.74, 6) is -2.51. The average molecular weight is 651 g/mol. The fourth-order valence-electron chi connectivity index (χ4n) is 5.72. The highest BCUT2D eigenvalue weighted by atomic mass is 35.5. The lowest BCUT2D eigenvalue weighted by Crippen LogP contribution is -2.30. The van der Waals surface area contributed by atoms with Crippen LogP contribution >= 0.6 is 11.6 Å². The summed E-state index contributed by atoms with van der Waals surface area (Å²) in [6, 6.07) is 18.7. The Morgan fingerprint density at radius 2 is 1.43 bits per heavy atom. The predicted octanol–water partition coefficient (Wildman–Crippen LogP) is 7.45. The van der Waals surface area contributed by atoms with Crippen LogP contribution in [0.15, 0.2) is 78.9 Å². The quantitative estimate of drug-likeness (QED) is 0.109. The maximum Gasteiger partial charge on any atom is 0.305 e. The molecule has 0 aliphatic carbocycles. The molecule has 2 atom stereocenters. The molecule has 7 nitrogen and oxygen atoms in total. The van der Waals surface area contributed by atoms with E-state index in [9.17, 15) is 28.6 Å². The molecule has 0 radical (unpaired) electrons. The van der Waals surface area contributed by atoms with Crippen LogP contribution in [0.3, 0.4) is 0 Å². The third-order valence-corrected chi connectivity index (χ3v) is 8.36. The van der Waals surface area contributed by atoms with Gasteiger partial charge in [0.25, 0.3) is 5.91 Å². The van der Waals surface area contributed by atoms with Gasteiger partial charge in [-0.2, -0.15) is 0 Å². The highest BCUT2D eigenvalue weighted by Crippen LogP contribution is 2.45. The normalized spacial score (nSPS) is 13.5. The smallest absolute Gasteiger partial charge is 0.305 e. The molecule has 5 N–H and O–H groups in total. The van der Waals surface area contributed by atoms with E-state index in [-0.39, 0.29) is 12.1 Å². The van der Waals surface area contributed by atoms with Crippen molar-refractivity contribution in [3.63, 3.8) is 0 Å². The monoisotopic (exact) mass is 650 g/mol. The highest BCUT2D eigenvalue weighted by Gasteiger charge is 2.40. The molecule has 0 unspecified atom stereocenters. The molecule has 242 valence electrons. The molecule has 1 heterocycles. The highest BCUT2D eigenvalue weighted by molar-refractivity contribution is 6.31. The maximum absolute atomic E-state index is 14.1.